The van der Waals surface area contributed by atoms with Crippen molar-refractivity contribution >= 4 is 50.5 Å². The van der Waals surface area contributed by atoms with E-state index in [1.165, 1.54) is 31.4 Å². The highest BCUT2D eigenvalue weighted by Crippen LogP contribution is 2.38. The molecule has 0 aliphatic heterocycles. The van der Waals surface area contributed by atoms with Crippen LogP contribution in [0, 0.1) is 12.7 Å². The monoisotopic (exact) mass is 586 g/mol. The molecule has 0 saturated carbocycles. The Bertz CT molecular complexity index is 1850. The highest BCUT2D eigenvalue weighted by atomic mass is 35.5. The SMILES string of the molecule is CNc1nccc(-c2c(-c3cccc(NS(=O)(=O)c4c(Cl)ccc(C)c4Cl)c3F)nc3cc(OC)ccn23)n1. The van der Waals surface area contributed by atoms with E-state index in [-0.39, 0.29) is 31.9 Å². The summed E-state index contributed by atoms with van der Waals surface area (Å²) in [6.07, 6.45) is 3.30. The fourth-order valence-electron chi connectivity index (χ4n) is 4.06. The number of sulfonamides is 1. The summed E-state index contributed by atoms with van der Waals surface area (Å²) in [5.74, 6) is 0.0643. The van der Waals surface area contributed by atoms with Crippen molar-refractivity contribution in [1.29, 1.82) is 0 Å². The Labute approximate surface area is 233 Å². The van der Waals surface area contributed by atoms with Gasteiger partial charge in [-0.15, -0.1) is 0 Å². The average molecular weight is 587 g/mol. The average Bonchev–Trinajstić information content (AvgIpc) is 3.30. The molecule has 2 aromatic carbocycles. The van der Waals surface area contributed by atoms with Crippen molar-refractivity contribution in [2.45, 2.75) is 11.8 Å². The maximum atomic E-state index is 16.1. The number of hydrogen-bond donors (Lipinski definition) is 2. The van der Waals surface area contributed by atoms with Crippen molar-refractivity contribution in [2.24, 2.45) is 0 Å². The third-order valence-electron chi connectivity index (χ3n) is 5.96. The van der Waals surface area contributed by atoms with Gasteiger partial charge in [0.25, 0.3) is 10.0 Å². The number of anilines is 2. The third-order valence-corrected chi connectivity index (χ3v) is 8.44. The number of halogens is 3. The largest absolute Gasteiger partial charge is 0.497 e. The number of benzene rings is 2. The summed E-state index contributed by atoms with van der Waals surface area (Å²) in [6.45, 7) is 1.64. The number of rotatable bonds is 7. The quantitative estimate of drug-likeness (QED) is 0.238. The minimum Gasteiger partial charge on any atom is -0.497 e. The minimum absolute atomic E-state index is 0.0407. The van der Waals surface area contributed by atoms with Crippen molar-refractivity contribution < 1.29 is 17.5 Å². The summed E-state index contributed by atoms with van der Waals surface area (Å²) in [5.41, 5.74) is 1.87. The number of fused-ring (bicyclic) bond motifs is 1. The van der Waals surface area contributed by atoms with Gasteiger partial charge < -0.3 is 10.1 Å². The first kappa shape index (κ1) is 26.7. The molecule has 0 saturated heterocycles. The minimum atomic E-state index is -4.35. The summed E-state index contributed by atoms with van der Waals surface area (Å²) in [4.78, 5) is 13.0. The van der Waals surface area contributed by atoms with E-state index < -0.39 is 15.8 Å². The van der Waals surface area contributed by atoms with Gasteiger partial charge in [-0.3, -0.25) is 9.12 Å². The maximum absolute atomic E-state index is 16.1. The van der Waals surface area contributed by atoms with Gasteiger partial charge in [-0.05, 0) is 42.8 Å². The number of nitrogens with zero attached hydrogens (tertiary/aromatic N) is 4. The van der Waals surface area contributed by atoms with Crippen molar-refractivity contribution in [2.75, 3.05) is 24.2 Å². The molecular weight excluding hydrogens is 566 g/mol. The van der Waals surface area contributed by atoms with E-state index in [1.54, 1.807) is 55.0 Å². The molecule has 9 nitrogen and oxygen atoms in total. The normalized spacial score (nSPS) is 11.5. The molecule has 0 radical (unpaired) electrons. The van der Waals surface area contributed by atoms with Crippen LogP contribution in [0.25, 0.3) is 28.3 Å². The first-order valence-corrected chi connectivity index (χ1v) is 13.7. The Morgan fingerprint density at radius 3 is 2.62 bits per heavy atom. The zero-order valence-corrected chi connectivity index (χ0v) is 23.2. The number of pyridine rings is 1. The first-order valence-electron chi connectivity index (χ1n) is 11.5. The van der Waals surface area contributed by atoms with E-state index in [2.05, 4.69) is 25.0 Å². The highest BCUT2D eigenvalue weighted by molar-refractivity contribution is 7.93. The van der Waals surface area contributed by atoms with Crippen LogP contribution in [0.3, 0.4) is 0 Å². The number of aryl methyl sites for hydroxylation is 1. The van der Waals surface area contributed by atoms with Crippen LogP contribution in [0.1, 0.15) is 5.56 Å². The Morgan fingerprint density at radius 1 is 1.08 bits per heavy atom. The van der Waals surface area contributed by atoms with E-state index in [0.29, 0.717) is 34.3 Å². The van der Waals surface area contributed by atoms with Gasteiger partial charge in [-0.1, -0.05) is 35.3 Å². The topological polar surface area (TPSA) is 111 Å². The molecule has 0 fully saturated rings. The second kappa shape index (κ2) is 10.3. The lowest BCUT2D eigenvalue weighted by molar-refractivity contribution is 0.414. The van der Waals surface area contributed by atoms with Crippen LogP contribution in [0.15, 0.2) is 65.8 Å². The molecule has 0 aliphatic rings. The lowest BCUT2D eigenvalue weighted by Gasteiger charge is -2.14. The number of aromatic nitrogens is 4. The lowest BCUT2D eigenvalue weighted by atomic mass is 10.1. The van der Waals surface area contributed by atoms with Gasteiger partial charge >= 0.3 is 0 Å². The first-order chi connectivity index (χ1) is 18.6. The van der Waals surface area contributed by atoms with Crippen LogP contribution in [0.4, 0.5) is 16.0 Å². The molecule has 0 aliphatic carbocycles. The molecule has 0 unspecified atom stereocenters. The highest BCUT2D eigenvalue weighted by Gasteiger charge is 2.27. The van der Waals surface area contributed by atoms with Crippen LogP contribution < -0.4 is 14.8 Å². The zero-order chi connectivity index (χ0) is 27.9. The molecule has 0 amide bonds. The van der Waals surface area contributed by atoms with Crippen LogP contribution >= 0.6 is 23.2 Å². The van der Waals surface area contributed by atoms with Gasteiger partial charge in [-0.25, -0.2) is 27.8 Å². The summed E-state index contributed by atoms with van der Waals surface area (Å²) in [5, 5.41) is 2.75. The molecular formula is C26H21Cl2FN6O3S. The van der Waals surface area contributed by atoms with E-state index in [1.807, 2.05) is 0 Å². The molecule has 0 atom stereocenters. The number of imidazole rings is 1. The van der Waals surface area contributed by atoms with Gasteiger partial charge in [-0.2, -0.15) is 0 Å². The molecule has 200 valence electrons. The smallest absolute Gasteiger partial charge is 0.264 e. The molecule has 3 heterocycles. The maximum Gasteiger partial charge on any atom is 0.264 e. The Kier molecular flexibility index (Phi) is 7.06. The molecule has 0 bridgehead atoms. The molecule has 0 spiro atoms. The van der Waals surface area contributed by atoms with E-state index >= 15 is 4.39 Å². The van der Waals surface area contributed by atoms with Crippen LogP contribution in [0.5, 0.6) is 5.75 Å². The van der Waals surface area contributed by atoms with Crippen molar-refractivity contribution in [3.63, 3.8) is 0 Å². The third kappa shape index (κ3) is 4.84. The van der Waals surface area contributed by atoms with Gasteiger partial charge in [0.05, 0.1) is 34.2 Å². The second-order valence-corrected chi connectivity index (χ2v) is 10.8. The Morgan fingerprint density at radius 2 is 1.87 bits per heavy atom. The van der Waals surface area contributed by atoms with Crippen LogP contribution in [0.2, 0.25) is 10.0 Å². The van der Waals surface area contributed by atoms with Gasteiger partial charge in [0, 0.05) is 31.1 Å². The molecule has 13 heteroatoms. The number of nitrogens with one attached hydrogen (secondary N) is 2. The fourth-order valence-corrected chi connectivity index (χ4v) is 6.31. The van der Waals surface area contributed by atoms with E-state index in [9.17, 15) is 8.42 Å². The predicted molar refractivity (Wildman–Crippen MR) is 150 cm³/mol. The fraction of sp³-hybridized carbons (Fsp3) is 0.115. The molecule has 5 aromatic rings. The molecule has 2 N–H and O–H groups in total. The predicted octanol–water partition coefficient (Wildman–Crippen LogP) is 6.06. The van der Waals surface area contributed by atoms with Gasteiger partial charge in [0.15, 0.2) is 5.82 Å². The van der Waals surface area contributed by atoms with Crippen molar-refractivity contribution in [1.82, 2.24) is 19.4 Å². The van der Waals surface area contributed by atoms with Crippen LogP contribution in [-0.2, 0) is 10.0 Å². The van der Waals surface area contributed by atoms with Crippen LogP contribution in [-0.4, -0.2) is 41.9 Å². The zero-order valence-electron chi connectivity index (χ0n) is 20.8. The number of ether oxygens (including phenoxy) is 1. The van der Waals surface area contributed by atoms with Crippen molar-refractivity contribution in [3.05, 3.63) is 82.4 Å². The summed E-state index contributed by atoms with van der Waals surface area (Å²) in [7, 11) is -1.14. The molecule has 3 aromatic heterocycles. The lowest BCUT2D eigenvalue weighted by Crippen LogP contribution is -2.15. The second-order valence-electron chi connectivity index (χ2n) is 8.40. The standard InChI is InChI=1S/C26H21Cl2FN6O3S/c1-14-7-8-17(27)25(21(14)28)39(36,37)34-18-6-4-5-16(22(18)29)23-24(19-9-11-31-26(30-2)32-19)35-12-10-15(38-3)13-20(35)33-23/h4-13,34H,1-3H3,(H,30,31,32). The van der Waals surface area contributed by atoms with Crippen molar-refractivity contribution in [3.8, 4) is 28.4 Å². The summed E-state index contributed by atoms with van der Waals surface area (Å²) < 4.78 is 52.0. The molecule has 5 rings (SSSR count). The van der Waals surface area contributed by atoms with Gasteiger partial charge in [0.2, 0.25) is 5.95 Å². The summed E-state index contributed by atoms with van der Waals surface area (Å²) in [6, 6.07) is 12.4. The van der Waals surface area contributed by atoms with Gasteiger partial charge in [0.1, 0.15) is 22.0 Å². The Balaban J connectivity index is 1.69. The Hall–Kier alpha value is -3.93. The molecule has 39 heavy (non-hydrogen) atoms. The summed E-state index contributed by atoms with van der Waals surface area (Å²) >= 11 is 12.4. The number of hydrogen-bond acceptors (Lipinski definition) is 7. The van der Waals surface area contributed by atoms with E-state index in [4.69, 9.17) is 27.9 Å². The van der Waals surface area contributed by atoms with E-state index in [0.717, 1.165) is 0 Å². The number of methoxy groups -OCH3 is 1.